The van der Waals surface area contributed by atoms with Crippen LogP contribution in [0.15, 0.2) is 0 Å². The third kappa shape index (κ3) is 5.72. The Morgan fingerprint density at radius 1 is 1.50 bits per heavy atom. The van der Waals surface area contributed by atoms with Crippen molar-refractivity contribution in [2.75, 3.05) is 31.8 Å². The molecule has 0 aromatic heterocycles. The third-order valence-corrected chi connectivity index (χ3v) is 3.53. The van der Waals surface area contributed by atoms with E-state index in [1.807, 2.05) is 13.8 Å². The number of carbonyl (C=O) groups is 1. The van der Waals surface area contributed by atoms with E-state index in [0.717, 1.165) is 24.3 Å². The molecular weight excluding hydrogens is 226 g/mol. The van der Waals surface area contributed by atoms with Crippen molar-refractivity contribution in [1.82, 2.24) is 5.32 Å². The molecule has 0 radical (unpaired) electrons. The van der Waals surface area contributed by atoms with E-state index in [1.165, 1.54) is 0 Å². The van der Waals surface area contributed by atoms with Crippen LogP contribution >= 0.6 is 11.8 Å². The molecule has 16 heavy (non-hydrogen) atoms. The number of rotatable bonds is 9. The Hall–Kier alpha value is -0.260. The zero-order valence-corrected chi connectivity index (χ0v) is 11.2. The molecule has 4 nitrogen and oxygen atoms in total. The summed E-state index contributed by atoms with van der Waals surface area (Å²) in [4.78, 5) is 11.7. The largest absolute Gasteiger partial charge is 0.465 e. The first-order chi connectivity index (χ1) is 7.60. The Bertz CT molecular complexity index is 202. The summed E-state index contributed by atoms with van der Waals surface area (Å²) in [5, 5.41) is 11.6. The van der Waals surface area contributed by atoms with Gasteiger partial charge in [0.05, 0.1) is 13.2 Å². The lowest BCUT2D eigenvalue weighted by Crippen LogP contribution is -2.48. The number of aliphatic hydroxyl groups excluding tert-OH is 1. The van der Waals surface area contributed by atoms with Crippen molar-refractivity contribution in [1.29, 1.82) is 0 Å². The fourth-order valence-corrected chi connectivity index (χ4v) is 2.00. The number of thioether (sulfide) groups is 1. The minimum absolute atomic E-state index is 0.190. The summed E-state index contributed by atoms with van der Waals surface area (Å²) in [5.74, 6) is 1.53. The normalized spacial score (nSPS) is 14.5. The van der Waals surface area contributed by atoms with Crippen LogP contribution in [0.1, 0.15) is 26.7 Å². The molecule has 96 valence electrons. The predicted molar refractivity (Wildman–Crippen MR) is 67.7 cm³/mol. The number of likely N-dealkylation sites (N-methyl/N-ethyl adjacent to an activating group) is 1. The molecule has 1 unspecified atom stereocenters. The van der Waals surface area contributed by atoms with Gasteiger partial charge in [-0.25, -0.2) is 0 Å². The van der Waals surface area contributed by atoms with Gasteiger partial charge in [0.25, 0.3) is 0 Å². The molecule has 0 aromatic carbocycles. The molecule has 0 fully saturated rings. The molecule has 0 amide bonds. The molecule has 0 bridgehead atoms. The number of ether oxygens (including phenoxy) is 1. The third-order valence-electron chi connectivity index (χ3n) is 2.48. The van der Waals surface area contributed by atoms with Crippen molar-refractivity contribution in [2.24, 2.45) is 0 Å². The molecular formula is C11H23NO3S. The minimum atomic E-state index is -0.588. The van der Waals surface area contributed by atoms with Crippen LogP contribution in [0.3, 0.4) is 0 Å². The summed E-state index contributed by atoms with van der Waals surface area (Å²) in [6.07, 6.45) is 1.68. The van der Waals surface area contributed by atoms with Gasteiger partial charge in [-0.1, -0.05) is 0 Å². The van der Waals surface area contributed by atoms with Crippen LogP contribution in [0.4, 0.5) is 0 Å². The zero-order valence-electron chi connectivity index (χ0n) is 10.4. The van der Waals surface area contributed by atoms with Crippen LogP contribution in [0.25, 0.3) is 0 Å². The Kier molecular flexibility index (Phi) is 8.70. The quantitative estimate of drug-likeness (QED) is 0.472. The van der Waals surface area contributed by atoms with Crippen molar-refractivity contribution < 1.29 is 14.6 Å². The first kappa shape index (κ1) is 15.7. The van der Waals surface area contributed by atoms with Gasteiger partial charge in [-0.05, 0) is 39.5 Å². The lowest BCUT2D eigenvalue weighted by Gasteiger charge is -2.26. The summed E-state index contributed by atoms with van der Waals surface area (Å²) >= 11 is 1.70. The molecule has 0 aliphatic rings. The highest BCUT2D eigenvalue weighted by Crippen LogP contribution is 2.16. The number of esters is 1. The predicted octanol–water partition coefficient (Wildman–Crippen LogP) is 1.03. The molecule has 0 spiro atoms. The average molecular weight is 249 g/mol. The molecule has 5 heteroatoms. The first-order valence-corrected chi connectivity index (χ1v) is 6.81. The standard InChI is InChI=1S/C11H23NO3S/c1-4-15-10(14)11(2,12-3)6-5-8-16-9-7-13/h12-13H,4-9H2,1-3H3. The van der Waals surface area contributed by atoms with Gasteiger partial charge < -0.3 is 15.2 Å². The van der Waals surface area contributed by atoms with E-state index in [4.69, 9.17) is 9.84 Å². The number of hydrogen-bond acceptors (Lipinski definition) is 5. The van der Waals surface area contributed by atoms with Crippen molar-refractivity contribution in [3.8, 4) is 0 Å². The van der Waals surface area contributed by atoms with E-state index >= 15 is 0 Å². The van der Waals surface area contributed by atoms with Gasteiger partial charge in [0.2, 0.25) is 0 Å². The van der Waals surface area contributed by atoms with Gasteiger partial charge in [-0.15, -0.1) is 0 Å². The highest BCUT2D eigenvalue weighted by molar-refractivity contribution is 7.99. The van der Waals surface area contributed by atoms with Crippen LogP contribution in [0.2, 0.25) is 0 Å². The summed E-state index contributed by atoms with van der Waals surface area (Å²) in [6, 6.07) is 0. The monoisotopic (exact) mass is 249 g/mol. The highest BCUT2D eigenvalue weighted by atomic mass is 32.2. The van der Waals surface area contributed by atoms with E-state index in [0.29, 0.717) is 6.61 Å². The Labute approximate surface area is 102 Å². The van der Waals surface area contributed by atoms with Crippen molar-refractivity contribution in [3.63, 3.8) is 0 Å². The zero-order chi connectivity index (χ0) is 12.4. The maximum Gasteiger partial charge on any atom is 0.326 e. The van der Waals surface area contributed by atoms with Crippen molar-refractivity contribution in [3.05, 3.63) is 0 Å². The van der Waals surface area contributed by atoms with Gasteiger partial charge in [-0.2, -0.15) is 11.8 Å². The molecule has 0 heterocycles. The van der Waals surface area contributed by atoms with Gasteiger partial charge >= 0.3 is 5.97 Å². The van der Waals surface area contributed by atoms with E-state index in [1.54, 1.807) is 18.8 Å². The molecule has 0 saturated heterocycles. The molecule has 1 atom stereocenters. The summed E-state index contributed by atoms with van der Waals surface area (Å²) in [6.45, 7) is 4.30. The van der Waals surface area contributed by atoms with Gasteiger partial charge in [0, 0.05) is 5.75 Å². The first-order valence-electron chi connectivity index (χ1n) is 5.65. The Morgan fingerprint density at radius 2 is 2.19 bits per heavy atom. The lowest BCUT2D eigenvalue weighted by atomic mass is 9.97. The highest BCUT2D eigenvalue weighted by Gasteiger charge is 2.32. The van der Waals surface area contributed by atoms with E-state index < -0.39 is 5.54 Å². The second-order valence-corrected chi connectivity index (χ2v) is 4.97. The maximum atomic E-state index is 11.7. The molecule has 0 rings (SSSR count). The number of nitrogens with one attached hydrogen (secondary N) is 1. The summed E-state index contributed by atoms with van der Waals surface area (Å²) in [5.41, 5.74) is -0.588. The fraction of sp³-hybridized carbons (Fsp3) is 0.909. The van der Waals surface area contributed by atoms with Crippen LogP contribution < -0.4 is 5.32 Å². The van der Waals surface area contributed by atoms with Crippen LogP contribution in [0, 0.1) is 0 Å². The Balaban J connectivity index is 3.92. The maximum absolute atomic E-state index is 11.7. The van der Waals surface area contributed by atoms with E-state index in [9.17, 15) is 4.79 Å². The van der Waals surface area contributed by atoms with Gasteiger partial charge in [0.1, 0.15) is 5.54 Å². The number of carbonyl (C=O) groups excluding carboxylic acids is 1. The fourth-order valence-electron chi connectivity index (χ4n) is 1.31. The van der Waals surface area contributed by atoms with Crippen molar-refractivity contribution >= 4 is 17.7 Å². The van der Waals surface area contributed by atoms with Gasteiger partial charge in [-0.3, -0.25) is 4.79 Å². The van der Waals surface area contributed by atoms with Crippen molar-refractivity contribution in [2.45, 2.75) is 32.2 Å². The second kappa shape index (κ2) is 8.84. The molecule has 0 aromatic rings. The van der Waals surface area contributed by atoms with E-state index in [-0.39, 0.29) is 12.6 Å². The molecule has 0 saturated carbocycles. The van der Waals surface area contributed by atoms with Gasteiger partial charge in [0.15, 0.2) is 0 Å². The Morgan fingerprint density at radius 3 is 2.69 bits per heavy atom. The van der Waals surface area contributed by atoms with Crippen LogP contribution in [0.5, 0.6) is 0 Å². The molecule has 0 aliphatic carbocycles. The van der Waals surface area contributed by atoms with Crippen LogP contribution in [-0.2, 0) is 9.53 Å². The number of hydrogen-bond donors (Lipinski definition) is 2. The topological polar surface area (TPSA) is 58.6 Å². The van der Waals surface area contributed by atoms with E-state index in [2.05, 4.69) is 5.32 Å². The molecule has 2 N–H and O–H groups in total. The average Bonchev–Trinajstić information content (AvgIpc) is 2.28. The smallest absolute Gasteiger partial charge is 0.326 e. The SMILES string of the molecule is CCOC(=O)C(C)(CCCSCCO)NC. The summed E-state index contributed by atoms with van der Waals surface area (Å²) < 4.78 is 5.03. The molecule has 0 aliphatic heterocycles. The summed E-state index contributed by atoms with van der Waals surface area (Å²) in [7, 11) is 1.78. The lowest BCUT2D eigenvalue weighted by molar-refractivity contribution is -0.150. The second-order valence-electron chi connectivity index (χ2n) is 3.74. The minimum Gasteiger partial charge on any atom is -0.465 e. The number of aliphatic hydroxyl groups is 1. The van der Waals surface area contributed by atoms with Crippen LogP contribution in [-0.4, -0.2) is 48.4 Å².